The molecule has 0 spiro atoms. The van der Waals surface area contributed by atoms with Crippen LogP contribution in [0.2, 0.25) is 0 Å². The summed E-state index contributed by atoms with van der Waals surface area (Å²) in [4.78, 5) is 25.9. The largest absolute Gasteiger partial charge is 0.433 e. The lowest BCUT2D eigenvalue weighted by Crippen LogP contribution is -2.10. The first kappa shape index (κ1) is 12.0. The molecule has 2 aromatic heterocycles. The Hall–Kier alpha value is -2.50. The zero-order valence-electron chi connectivity index (χ0n) is 9.57. The van der Waals surface area contributed by atoms with Crippen LogP contribution in [0.15, 0.2) is 40.9 Å². The molecule has 2 heterocycles. The van der Waals surface area contributed by atoms with Gasteiger partial charge in [-0.3, -0.25) is 19.9 Å². The molecule has 0 saturated heterocycles. The summed E-state index contributed by atoms with van der Waals surface area (Å²) < 4.78 is 4.87. The van der Waals surface area contributed by atoms with E-state index in [-0.39, 0.29) is 11.5 Å². The fraction of sp³-hybridized carbons (Fsp3) is 0.167. The van der Waals surface area contributed by atoms with Gasteiger partial charge in [0, 0.05) is 6.20 Å². The highest BCUT2D eigenvalue weighted by molar-refractivity contribution is 5.98. The summed E-state index contributed by atoms with van der Waals surface area (Å²) in [6, 6.07) is 7.72. The Bertz CT molecular complexity index is 577. The van der Waals surface area contributed by atoms with Crippen LogP contribution in [-0.2, 0) is 0 Å². The summed E-state index contributed by atoms with van der Waals surface area (Å²) in [5.41, 5.74) is 0.599. The summed E-state index contributed by atoms with van der Waals surface area (Å²) in [6.45, 7) is 1.68. The van der Waals surface area contributed by atoms with Crippen molar-refractivity contribution in [3.05, 3.63) is 58.1 Å². The van der Waals surface area contributed by atoms with Crippen LogP contribution in [0.1, 0.15) is 29.1 Å². The Morgan fingerprint density at radius 1 is 1.39 bits per heavy atom. The molecule has 1 unspecified atom stereocenters. The number of ketones is 1. The van der Waals surface area contributed by atoms with Gasteiger partial charge in [0.05, 0.1) is 17.7 Å². The smallest absolute Gasteiger partial charge is 0.397 e. The molecule has 0 radical (unpaired) electrons. The van der Waals surface area contributed by atoms with E-state index in [0.29, 0.717) is 5.69 Å². The van der Waals surface area contributed by atoms with E-state index in [1.807, 2.05) is 0 Å². The third kappa shape index (κ3) is 2.27. The third-order valence-corrected chi connectivity index (χ3v) is 2.54. The Morgan fingerprint density at radius 3 is 2.72 bits per heavy atom. The number of hydrogen-bond acceptors (Lipinski definition) is 5. The Morgan fingerprint density at radius 2 is 2.17 bits per heavy atom. The van der Waals surface area contributed by atoms with Gasteiger partial charge in [0.25, 0.3) is 0 Å². The van der Waals surface area contributed by atoms with Gasteiger partial charge in [0.15, 0.2) is 5.76 Å². The molecular formula is C12H10N2O4. The summed E-state index contributed by atoms with van der Waals surface area (Å²) in [7, 11) is 0. The van der Waals surface area contributed by atoms with Gasteiger partial charge in [-0.05, 0) is 25.1 Å². The highest BCUT2D eigenvalue weighted by Crippen LogP contribution is 2.22. The summed E-state index contributed by atoms with van der Waals surface area (Å²) in [6.07, 6.45) is 1.59. The molecule has 0 fully saturated rings. The van der Waals surface area contributed by atoms with Gasteiger partial charge < -0.3 is 4.42 Å². The average molecular weight is 246 g/mol. The van der Waals surface area contributed by atoms with E-state index < -0.39 is 16.7 Å². The van der Waals surface area contributed by atoms with Gasteiger partial charge in [0.1, 0.15) is 4.92 Å². The molecule has 0 aromatic carbocycles. The monoisotopic (exact) mass is 246 g/mol. The van der Waals surface area contributed by atoms with Crippen molar-refractivity contribution >= 4 is 11.7 Å². The summed E-state index contributed by atoms with van der Waals surface area (Å²) >= 11 is 0. The third-order valence-electron chi connectivity index (χ3n) is 2.54. The number of furan rings is 1. The number of aromatic nitrogens is 1. The second-order valence-corrected chi connectivity index (χ2v) is 3.74. The van der Waals surface area contributed by atoms with E-state index in [1.54, 1.807) is 31.3 Å². The predicted octanol–water partition coefficient (Wildman–Crippen LogP) is 2.57. The lowest BCUT2D eigenvalue weighted by atomic mass is 10.0. The van der Waals surface area contributed by atoms with Crippen LogP contribution in [0.4, 0.5) is 5.88 Å². The Labute approximate surface area is 102 Å². The molecule has 0 aliphatic heterocycles. The minimum absolute atomic E-state index is 0.0279. The van der Waals surface area contributed by atoms with Crippen molar-refractivity contribution in [1.29, 1.82) is 0 Å². The number of carbonyl (C=O) groups excluding carboxylic acids is 1. The summed E-state index contributed by atoms with van der Waals surface area (Å²) in [5, 5.41) is 10.5. The van der Waals surface area contributed by atoms with E-state index in [2.05, 4.69) is 4.98 Å². The van der Waals surface area contributed by atoms with Crippen molar-refractivity contribution in [2.45, 2.75) is 12.8 Å². The second-order valence-electron chi connectivity index (χ2n) is 3.74. The maximum absolute atomic E-state index is 12.0. The molecule has 0 N–H and O–H groups in total. The van der Waals surface area contributed by atoms with Crippen molar-refractivity contribution < 1.29 is 14.1 Å². The maximum atomic E-state index is 12.0. The van der Waals surface area contributed by atoms with Crippen LogP contribution < -0.4 is 0 Å². The predicted molar refractivity (Wildman–Crippen MR) is 62.3 cm³/mol. The molecule has 0 bridgehead atoms. The van der Waals surface area contributed by atoms with Gasteiger partial charge in [-0.25, -0.2) is 0 Å². The van der Waals surface area contributed by atoms with Gasteiger partial charge in [-0.1, -0.05) is 6.07 Å². The SMILES string of the molecule is CC(C(=O)c1ccc([N+](=O)[O-])o1)c1ccccn1. The second kappa shape index (κ2) is 4.79. The van der Waals surface area contributed by atoms with Crippen molar-refractivity contribution in [3.8, 4) is 0 Å². The quantitative estimate of drug-likeness (QED) is 0.470. The first-order valence-corrected chi connectivity index (χ1v) is 5.29. The van der Waals surface area contributed by atoms with E-state index in [1.165, 1.54) is 12.1 Å². The van der Waals surface area contributed by atoms with Gasteiger partial charge in [0.2, 0.25) is 5.78 Å². The number of hydrogen-bond donors (Lipinski definition) is 0. The van der Waals surface area contributed by atoms with Crippen molar-refractivity contribution in [3.63, 3.8) is 0 Å². The minimum Gasteiger partial charge on any atom is -0.397 e. The molecule has 6 nitrogen and oxygen atoms in total. The number of Topliss-reactive ketones (excluding diaryl/α,β-unsaturated/α-hetero) is 1. The zero-order chi connectivity index (χ0) is 13.1. The Balaban J connectivity index is 2.23. The molecule has 0 amide bonds. The van der Waals surface area contributed by atoms with Gasteiger partial charge in [-0.2, -0.15) is 0 Å². The van der Waals surface area contributed by atoms with Crippen molar-refractivity contribution in [2.24, 2.45) is 0 Å². The minimum atomic E-state index is -0.678. The van der Waals surface area contributed by atoms with E-state index in [9.17, 15) is 14.9 Å². The first-order valence-electron chi connectivity index (χ1n) is 5.29. The standard InChI is InChI=1S/C12H10N2O4/c1-8(9-4-2-3-7-13-9)12(15)10-5-6-11(18-10)14(16)17/h2-8H,1H3. The molecular weight excluding hydrogens is 236 g/mol. The highest BCUT2D eigenvalue weighted by Gasteiger charge is 2.23. The van der Waals surface area contributed by atoms with Gasteiger partial charge >= 0.3 is 5.88 Å². The number of carbonyl (C=O) groups is 1. The van der Waals surface area contributed by atoms with Crippen molar-refractivity contribution in [2.75, 3.05) is 0 Å². The molecule has 0 saturated carbocycles. The topological polar surface area (TPSA) is 86.2 Å². The fourth-order valence-electron chi connectivity index (χ4n) is 1.54. The number of pyridine rings is 1. The number of rotatable bonds is 4. The molecule has 2 aromatic rings. The molecule has 92 valence electrons. The average Bonchev–Trinajstić information content (AvgIpc) is 2.88. The molecule has 6 heteroatoms. The van der Waals surface area contributed by atoms with E-state index >= 15 is 0 Å². The van der Waals surface area contributed by atoms with Crippen LogP contribution in [0.3, 0.4) is 0 Å². The first-order chi connectivity index (χ1) is 8.59. The van der Waals surface area contributed by atoms with Gasteiger partial charge in [-0.15, -0.1) is 0 Å². The number of nitro groups is 1. The highest BCUT2D eigenvalue weighted by atomic mass is 16.6. The number of nitrogens with zero attached hydrogens (tertiary/aromatic N) is 2. The normalized spacial score (nSPS) is 12.1. The van der Waals surface area contributed by atoms with Crippen LogP contribution in [-0.4, -0.2) is 15.7 Å². The molecule has 2 rings (SSSR count). The van der Waals surface area contributed by atoms with Crippen LogP contribution in [0.25, 0.3) is 0 Å². The zero-order valence-corrected chi connectivity index (χ0v) is 9.57. The maximum Gasteiger partial charge on any atom is 0.433 e. The Kier molecular flexibility index (Phi) is 3.18. The van der Waals surface area contributed by atoms with Crippen molar-refractivity contribution in [1.82, 2.24) is 4.98 Å². The fourth-order valence-corrected chi connectivity index (χ4v) is 1.54. The molecule has 18 heavy (non-hydrogen) atoms. The summed E-state index contributed by atoms with van der Waals surface area (Å²) in [5.74, 6) is -1.30. The molecule has 1 atom stereocenters. The lowest BCUT2D eigenvalue weighted by molar-refractivity contribution is -0.402. The molecule has 0 aliphatic carbocycles. The van der Waals surface area contributed by atoms with Crippen LogP contribution >= 0.6 is 0 Å². The van der Waals surface area contributed by atoms with Crippen LogP contribution in [0.5, 0.6) is 0 Å². The van der Waals surface area contributed by atoms with Crippen LogP contribution in [0, 0.1) is 10.1 Å². The van der Waals surface area contributed by atoms with E-state index in [4.69, 9.17) is 4.42 Å². The van der Waals surface area contributed by atoms with E-state index in [0.717, 1.165) is 0 Å². The lowest BCUT2D eigenvalue weighted by Gasteiger charge is -2.06. The molecule has 0 aliphatic rings.